The van der Waals surface area contributed by atoms with Crippen molar-refractivity contribution in [1.82, 2.24) is 4.90 Å². The summed E-state index contributed by atoms with van der Waals surface area (Å²) in [5, 5.41) is 3.20. The Balaban J connectivity index is 1.81. The number of rotatable bonds is 6. The number of nitrogens with zero attached hydrogens (tertiary/aromatic N) is 2. The third kappa shape index (κ3) is 5.25. The summed E-state index contributed by atoms with van der Waals surface area (Å²) in [6, 6.07) is 2.80. The van der Waals surface area contributed by atoms with E-state index in [4.69, 9.17) is 0 Å². The first-order valence-corrected chi connectivity index (χ1v) is 10.8. The van der Waals surface area contributed by atoms with E-state index in [9.17, 15) is 22.4 Å². The van der Waals surface area contributed by atoms with Crippen LogP contribution in [0.1, 0.15) is 51.5 Å². The van der Waals surface area contributed by atoms with Crippen LogP contribution in [0.25, 0.3) is 0 Å². The van der Waals surface area contributed by atoms with Crippen LogP contribution < -0.4 is 10.2 Å². The maximum atomic E-state index is 14.6. The molecule has 0 bridgehead atoms. The number of piperazine rings is 1. The van der Waals surface area contributed by atoms with Crippen LogP contribution in [0.4, 0.5) is 28.9 Å². The monoisotopic (exact) mass is 429 g/mol. The molecule has 0 radical (unpaired) electrons. The van der Waals surface area contributed by atoms with Gasteiger partial charge in [0.2, 0.25) is 0 Å². The summed E-state index contributed by atoms with van der Waals surface area (Å²) >= 11 is 0. The van der Waals surface area contributed by atoms with Gasteiger partial charge in [-0.25, -0.2) is 4.39 Å². The minimum atomic E-state index is -4.76. The molecular formula is C22H31F4N3O. The lowest BCUT2D eigenvalue weighted by Crippen LogP contribution is -2.50. The van der Waals surface area contributed by atoms with Gasteiger partial charge in [0.15, 0.2) is 0 Å². The zero-order chi connectivity index (χ0) is 21.9. The quantitative estimate of drug-likeness (QED) is 0.514. The average Bonchev–Trinajstić information content (AvgIpc) is 2.72. The number of benzene rings is 1. The van der Waals surface area contributed by atoms with Crippen molar-refractivity contribution < 1.29 is 22.4 Å². The number of nitrogens with one attached hydrogen (secondary N) is 1. The highest BCUT2D eigenvalue weighted by Gasteiger charge is 2.39. The second kappa shape index (κ2) is 9.54. The minimum absolute atomic E-state index is 0.0347. The van der Waals surface area contributed by atoms with Gasteiger partial charge in [-0.05, 0) is 51.2 Å². The molecule has 2 fully saturated rings. The number of halogens is 4. The van der Waals surface area contributed by atoms with E-state index in [0.29, 0.717) is 37.9 Å². The van der Waals surface area contributed by atoms with Crippen molar-refractivity contribution in [3.63, 3.8) is 0 Å². The number of carbonyl (C=O) groups excluding carboxylic acids is 1. The van der Waals surface area contributed by atoms with Gasteiger partial charge in [0.1, 0.15) is 17.7 Å². The molecule has 0 aromatic heterocycles. The molecular weight excluding hydrogens is 398 g/mol. The van der Waals surface area contributed by atoms with Gasteiger partial charge in [0.05, 0.1) is 5.69 Å². The zero-order valence-corrected chi connectivity index (χ0v) is 17.6. The smallest absolute Gasteiger partial charge is 0.382 e. The van der Waals surface area contributed by atoms with Crippen LogP contribution in [-0.4, -0.2) is 49.4 Å². The van der Waals surface area contributed by atoms with E-state index < -0.39 is 17.6 Å². The van der Waals surface area contributed by atoms with E-state index >= 15 is 0 Å². The van der Waals surface area contributed by atoms with Crippen molar-refractivity contribution in [2.45, 2.75) is 64.2 Å². The molecule has 0 amide bonds. The summed E-state index contributed by atoms with van der Waals surface area (Å²) in [6.07, 6.45) is 0.167. The van der Waals surface area contributed by atoms with Crippen LogP contribution in [0.5, 0.6) is 0 Å². The maximum absolute atomic E-state index is 14.6. The number of hydrogen-bond donors (Lipinski definition) is 1. The Kier molecular flexibility index (Phi) is 7.26. The fraction of sp³-hybridized carbons (Fsp3) is 0.682. The molecule has 1 heterocycles. The molecule has 1 aromatic carbocycles. The number of aldehydes is 1. The molecule has 3 rings (SSSR count). The van der Waals surface area contributed by atoms with E-state index in [1.165, 1.54) is 6.07 Å². The van der Waals surface area contributed by atoms with E-state index in [1.54, 1.807) is 4.90 Å². The first kappa shape index (κ1) is 22.8. The van der Waals surface area contributed by atoms with Crippen molar-refractivity contribution in [3.05, 3.63) is 23.5 Å². The van der Waals surface area contributed by atoms with Crippen molar-refractivity contribution in [2.24, 2.45) is 5.92 Å². The predicted molar refractivity (Wildman–Crippen MR) is 110 cm³/mol. The lowest BCUT2D eigenvalue weighted by Gasteiger charge is -2.40. The molecule has 1 aromatic rings. The molecule has 1 saturated carbocycles. The summed E-state index contributed by atoms with van der Waals surface area (Å²) in [7, 11) is 0. The molecule has 1 saturated heterocycles. The molecule has 1 unspecified atom stereocenters. The zero-order valence-electron chi connectivity index (χ0n) is 17.6. The van der Waals surface area contributed by atoms with Gasteiger partial charge in [0.25, 0.3) is 0 Å². The Hall–Kier alpha value is -1.83. The number of anilines is 2. The van der Waals surface area contributed by atoms with Gasteiger partial charge >= 0.3 is 6.18 Å². The topological polar surface area (TPSA) is 35.6 Å². The van der Waals surface area contributed by atoms with Crippen molar-refractivity contribution >= 4 is 17.7 Å². The third-order valence-corrected chi connectivity index (χ3v) is 6.56. The van der Waals surface area contributed by atoms with E-state index in [0.717, 1.165) is 44.5 Å². The highest BCUT2D eigenvalue weighted by atomic mass is 19.4. The lowest BCUT2D eigenvalue weighted by molar-refractivity contribution is -0.139. The predicted octanol–water partition coefficient (Wildman–Crippen LogP) is 4.93. The van der Waals surface area contributed by atoms with Crippen LogP contribution in [-0.2, 0) is 11.0 Å². The summed E-state index contributed by atoms with van der Waals surface area (Å²) in [4.78, 5) is 14.8. The second-order valence-electron chi connectivity index (χ2n) is 8.52. The highest BCUT2D eigenvalue weighted by Crippen LogP contribution is 2.41. The summed E-state index contributed by atoms with van der Waals surface area (Å²) in [5.41, 5.74) is -0.903. The standard InChI is InChI=1S/C22H31F4N3O/c1-3-15(2)28-8-10-29(11-9-28)20-13-18(12-19(23)21(20)22(24,25)26)27-17-6-4-16(14-30)5-7-17/h12-17,27H,3-11H2,1-2H3. The Labute approximate surface area is 175 Å². The highest BCUT2D eigenvalue weighted by molar-refractivity contribution is 5.65. The van der Waals surface area contributed by atoms with Crippen LogP contribution >= 0.6 is 0 Å². The largest absolute Gasteiger partial charge is 0.421 e. The molecule has 1 aliphatic carbocycles. The first-order valence-electron chi connectivity index (χ1n) is 10.8. The van der Waals surface area contributed by atoms with Gasteiger partial charge < -0.3 is 15.0 Å². The second-order valence-corrected chi connectivity index (χ2v) is 8.52. The summed E-state index contributed by atoms with van der Waals surface area (Å²) < 4.78 is 55.6. The number of alkyl halides is 3. The van der Waals surface area contributed by atoms with Gasteiger partial charge in [-0.2, -0.15) is 13.2 Å². The maximum Gasteiger partial charge on any atom is 0.421 e. The first-order chi connectivity index (χ1) is 14.2. The van der Waals surface area contributed by atoms with Crippen molar-refractivity contribution in [1.29, 1.82) is 0 Å². The molecule has 2 aliphatic rings. The number of hydrogen-bond acceptors (Lipinski definition) is 4. The fourth-order valence-corrected chi connectivity index (χ4v) is 4.50. The molecule has 168 valence electrons. The minimum Gasteiger partial charge on any atom is -0.382 e. The average molecular weight is 430 g/mol. The van der Waals surface area contributed by atoms with Gasteiger partial charge in [-0.15, -0.1) is 0 Å². The van der Waals surface area contributed by atoms with E-state index in [2.05, 4.69) is 24.1 Å². The normalized spacial score (nSPS) is 24.5. The Morgan fingerprint density at radius 2 is 1.77 bits per heavy atom. The molecule has 1 atom stereocenters. The molecule has 0 spiro atoms. The van der Waals surface area contributed by atoms with Crippen LogP contribution in [0.2, 0.25) is 0 Å². The van der Waals surface area contributed by atoms with Crippen LogP contribution in [0.15, 0.2) is 12.1 Å². The van der Waals surface area contributed by atoms with Crippen LogP contribution in [0, 0.1) is 11.7 Å². The van der Waals surface area contributed by atoms with Crippen molar-refractivity contribution in [3.8, 4) is 0 Å². The molecule has 8 heteroatoms. The van der Waals surface area contributed by atoms with E-state index in [-0.39, 0.29) is 17.6 Å². The lowest BCUT2D eigenvalue weighted by atomic mass is 9.87. The van der Waals surface area contributed by atoms with Gasteiger partial charge in [-0.1, -0.05) is 6.92 Å². The molecule has 30 heavy (non-hydrogen) atoms. The van der Waals surface area contributed by atoms with E-state index in [1.807, 2.05) is 0 Å². The van der Waals surface area contributed by atoms with Gasteiger partial charge in [-0.3, -0.25) is 4.90 Å². The number of carbonyl (C=O) groups is 1. The third-order valence-electron chi connectivity index (χ3n) is 6.56. The van der Waals surface area contributed by atoms with Gasteiger partial charge in [0, 0.05) is 49.9 Å². The molecule has 1 N–H and O–H groups in total. The molecule has 1 aliphatic heterocycles. The SMILES string of the molecule is CCC(C)N1CCN(c2cc(NC3CCC(C=O)CC3)cc(F)c2C(F)(F)F)CC1. The summed E-state index contributed by atoms with van der Waals surface area (Å²) in [5.74, 6) is -1.20. The fourth-order valence-electron chi connectivity index (χ4n) is 4.50. The molecule has 4 nitrogen and oxygen atoms in total. The summed E-state index contributed by atoms with van der Waals surface area (Å²) in [6.45, 7) is 6.37. The van der Waals surface area contributed by atoms with Crippen molar-refractivity contribution in [2.75, 3.05) is 36.4 Å². The Morgan fingerprint density at radius 3 is 2.30 bits per heavy atom. The van der Waals surface area contributed by atoms with Crippen LogP contribution in [0.3, 0.4) is 0 Å². The Bertz CT molecular complexity index is 724. The Morgan fingerprint density at radius 1 is 1.13 bits per heavy atom.